The number of hydrogen-bond donors (Lipinski definition) is 1. The summed E-state index contributed by atoms with van der Waals surface area (Å²) in [6.45, 7) is 6.18. The number of nitrogens with zero attached hydrogens (tertiary/aromatic N) is 1. The summed E-state index contributed by atoms with van der Waals surface area (Å²) in [7, 11) is 2.29. The van der Waals surface area contributed by atoms with E-state index in [1.165, 1.54) is 51.7 Å². The van der Waals surface area contributed by atoms with Gasteiger partial charge in [-0.25, -0.2) is 0 Å². The topological polar surface area (TPSA) is 15.3 Å². The van der Waals surface area contributed by atoms with Crippen LogP contribution >= 0.6 is 0 Å². The second-order valence-electron chi connectivity index (χ2n) is 5.69. The normalized spacial score (nSPS) is 36.6. The van der Waals surface area contributed by atoms with Gasteiger partial charge in [0, 0.05) is 19.1 Å². The number of likely N-dealkylation sites (N-methyl/N-ethyl adjacent to an activating group) is 1. The first-order valence-corrected chi connectivity index (χ1v) is 6.67. The molecule has 0 aromatic carbocycles. The first kappa shape index (κ1) is 11.4. The second-order valence-corrected chi connectivity index (χ2v) is 5.69. The van der Waals surface area contributed by atoms with Gasteiger partial charge in [-0.3, -0.25) is 0 Å². The molecule has 0 spiro atoms. The fourth-order valence-electron chi connectivity index (χ4n) is 2.76. The molecule has 0 amide bonds. The summed E-state index contributed by atoms with van der Waals surface area (Å²) in [5.74, 6) is 2.00. The molecule has 2 rings (SSSR count). The zero-order valence-corrected chi connectivity index (χ0v) is 10.3. The molecule has 1 saturated carbocycles. The van der Waals surface area contributed by atoms with E-state index in [9.17, 15) is 0 Å². The highest BCUT2D eigenvalue weighted by Gasteiger charge is 2.33. The van der Waals surface area contributed by atoms with Gasteiger partial charge in [0.2, 0.25) is 0 Å². The SMILES string of the molecule is CC1CC1CN(C)CC1CCCCCN1. The Morgan fingerprint density at radius 1 is 1.20 bits per heavy atom. The molecule has 15 heavy (non-hydrogen) atoms. The predicted octanol–water partition coefficient (Wildman–Crippen LogP) is 2.11. The lowest BCUT2D eigenvalue weighted by molar-refractivity contribution is 0.272. The molecular weight excluding hydrogens is 184 g/mol. The number of nitrogens with one attached hydrogen (secondary N) is 1. The zero-order valence-electron chi connectivity index (χ0n) is 10.3. The first-order valence-electron chi connectivity index (χ1n) is 6.67. The Labute approximate surface area is 94.4 Å². The molecule has 88 valence electrons. The van der Waals surface area contributed by atoms with E-state index >= 15 is 0 Å². The highest BCUT2D eigenvalue weighted by molar-refractivity contribution is 4.85. The molecule has 2 fully saturated rings. The van der Waals surface area contributed by atoms with Crippen LogP contribution in [0.2, 0.25) is 0 Å². The van der Waals surface area contributed by atoms with Crippen LogP contribution in [0.1, 0.15) is 39.0 Å². The summed E-state index contributed by atoms with van der Waals surface area (Å²) >= 11 is 0. The van der Waals surface area contributed by atoms with E-state index in [1.54, 1.807) is 0 Å². The average Bonchev–Trinajstić information content (AvgIpc) is 2.91. The third kappa shape index (κ3) is 3.76. The molecule has 1 N–H and O–H groups in total. The molecule has 2 aliphatic rings. The number of hydrogen-bond acceptors (Lipinski definition) is 2. The molecule has 2 heteroatoms. The van der Waals surface area contributed by atoms with Gasteiger partial charge in [0.05, 0.1) is 0 Å². The zero-order chi connectivity index (χ0) is 10.7. The van der Waals surface area contributed by atoms with Crippen molar-refractivity contribution in [2.75, 3.05) is 26.7 Å². The van der Waals surface area contributed by atoms with Crippen molar-refractivity contribution >= 4 is 0 Å². The van der Waals surface area contributed by atoms with Gasteiger partial charge in [-0.15, -0.1) is 0 Å². The molecule has 0 bridgehead atoms. The van der Waals surface area contributed by atoms with Crippen LogP contribution in [0.15, 0.2) is 0 Å². The van der Waals surface area contributed by atoms with Crippen LogP contribution < -0.4 is 5.32 Å². The van der Waals surface area contributed by atoms with Crippen LogP contribution in [0.4, 0.5) is 0 Å². The highest BCUT2D eigenvalue weighted by atomic mass is 15.1. The van der Waals surface area contributed by atoms with Crippen molar-refractivity contribution in [2.45, 2.75) is 45.1 Å². The smallest absolute Gasteiger partial charge is 0.0194 e. The standard InChI is InChI=1S/C13H26N2/c1-11-8-12(11)9-15(2)10-13-6-4-3-5-7-14-13/h11-14H,3-10H2,1-2H3. The molecule has 2 nitrogen and oxygen atoms in total. The van der Waals surface area contributed by atoms with Crippen molar-refractivity contribution in [3.8, 4) is 0 Å². The van der Waals surface area contributed by atoms with Crippen molar-refractivity contribution < 1.29 is 0 Å². The minimum atomic E-state index is 0.756. The summed E-state index contributed by atoms with van der Waals surface area (Å²) in [5.41, 5.74) is 0. The quantitative estimate of drug-likeness (QED) is 0.764. The van der Waals surface area contributed by atoms with Gasteiger partial charge < -0.3 is 10.2 Å². The Kier molecular flexibility index (Phi) is 4.04. The van der Waals surface area contributed by atoms with Gasteiger partial charge in [-0.1, -0.05) is 19.8 Å². The van der Waals surface area contributed by atoms with E-state index in [0.29, 0.717) is 0 Å². The first-order chi connectivity index (χ1) is 7.25. The minimum absolute atomic E-state index is 0.756. The maximum Gasteiger partial charge on any atom is 0.0194 e. The van der Waals surface area contributed by atoms with Crippen LogP contribution in [-0.4, -0.2) is 37.6 Å². The van der Waals surface area contributed by atoms with Crippen molar-refractivity contribution in [1.82, 2.24) is 10.2 Å². The Bertz CT molecular complexity index is 185. The average molecular weight is 210 g/mol. The lowest BCUT2D eigenvalue weighted by Crippen LogP contribution is -2.39. The summed E-state index contributed by atoms with van der Waals surface area (Å²) in [6.07, 6.45) is 7.06. The maximum absolute atomic E-state index is 3.68. The predicted molar refractivity (Wildman–Crippen MR) is 65.0 cm³/mol. The van der Waals surface area contributed by atoms with E-state index in [1.807, 2.05) is 0 Å². The van der Waals surface area contributed by atoms with E-state index in [2.05, 4.69) is 24.2 Å². The van der Waals surface area contributed by atoms with Crippen LogP contribution in [0, 0.1) is 11.8 Å². The molecule has 0 aromatic heterocycles. The molecular formula is C13H26N2. The Balaban J connectivity index is 1.65. The summed E-state index contributed by atoms with van der Waals surface area (Å²) in [4.78, 5) is 2.54. The van der Waals surface area contributed by atoms with Gasteiger partial charge in [-0.2, -0.15) is 0 Å². The lowest BCUT2D eigenvalue weighted by atomic mass is 10.1. The van der Waals surface area contributed by atoms with Crippen LogP contribution in [-0.2, 0) is 0 Å². The second kappa shape index (κ2) is 5.31. The third-order valence-corrected chi connectivity index (χ3v) is 4.02. The van der Waals surface area contributed by atoms with Crippen LogP contribution in [0.25, 0.3) is 0 Å². The van der Waals surface area contributed by atoms with Gasteiger partial charge in [0.25, 0.3) is 0 Å². The molecule has 1 aliphatic carbocycles. The highest BCUT2D eigenvalue weighted by Crippen LogP contribution is 2.37. The minimum Gasteiger partial charge on any atom is -0.313 e. The monoisotopic (exact) mass is 210 g/mol. The van der Waals surface area contributed by atoms with E-state index < -0.39 is 0 Å². The van der Waals surface area contributed by atoms with Crippen molar-refractivity contribution in [2.24, 2.45) is 11.8 Å². The molecule has 1 heterocycles. The van der Waals surface area contributed by atoms with Gasteiger partial charge >= 0.3 is 0 Å². The lowest BCUT2D eigenvalue weighted by Gasteiger charge is -2.23. The van der Waals surface area contributed by atoms with Crippen LogP contribution in [0.3, 0.4) is 0 Å². The van der Waals surface area contributed by atoms with Gasteiger partial charge in [-0.05, 0) is 44.7 Å². The summed E-state index contributed by atoms with van der Waals surface area (Å²) in [6, 6.07) is 0.756. The number of rotatable bonds is 4. The Morgan fingerprint density at radius 2 is 2.00 bits per heavy atom. The van der Waals surface area contributed by atoms with Gasteiger partial charge in [0.1, 0.15) is 0 Å². The fraction of sp³-hybridized carbons (Fsp3) is 1.00. The molecule has 3 atom stereocenters. The van der Waals surface area contributed by atoms with Crippen molar-refractivity contribution in [3.63, 3.8) is 0 Å². The van der Waals surface area contributed by atoms with E-state index in [0.717, 1.165) is 17.9 Å². The van der Waals surface area contributed by atoms with Crippen molar-refractivity contribution in [1.29, 1.82) is 0 Å². The third-order valence-electron chi connectivity index (χ3n) is 4.02. The molecule has 0 aromatic rings. The van der Waals surface area contributed by atoms with Gasteiger partial charge in [0.15, 0.2) is 0 Å². The summed E-state index contributed by atoms with van der Waals surface area (Å²) in [5, 5.41) is 3.68. The molecule has 3 unspecified atom stereocenters. The van der Waals surface area contributed by atoms with E-state index in [-0.39, 0.29) is 0 Å². The fourth-order valence-corrected chi connectivity index (χ4v) is 2.76. The Morgan fingerprint density at radius 3 is 2.73 bits per heavy atom. The van der Waals surface area contributed by atoms with Crippen LogP contribution in [0.5, 0.6) is 0 Å². The molecule has 0 radical (unpaired) electrons. The molecule has 1 saturated heterocycles. The Hall–Kier alpha value is -0.0800. The van der Waals surface area contributed by atoms with E-state index in [4.69, 9.17) is 0 Å². The maximum atomic E-state index is 3.68. The van der Waals surface area contributed by atoms with Crippen molar-refractivity contribution in [3.05, 3.63) is 0 Å². The molecule has 1 aliphatic heterocycles. The summed E-state index contributed by atoms with van der Waals surface area (Å²) < 4.78 is 0. The largest absolute Gasteiger partial charge is 0.313 e.